The smallest absolute Gasteiger partial charge is 0.285 e. The summed E-state index contributed by atoms with van der Waals surface area (Å²) in [5, 5.41) is 9.53. The number of amides is 2. The summed E-state index contributed by atoms with van der Waals surface area (Å²) in [5.74, 6) is -0.928. The predicted octanol–water partition coefficient (Wildman–Crippen LogP) is 3.54. The first kappa shape index (κ1) is 28.3. The predicted molar refractivity (Wildman–Crippen MR) is 126 cm³/mol. The molecule has 10 nitrogen and oxygen atoms in total. The molecule has 0 radical (unpaired) electrons. The van der Waals surface area contributed by atoms with E-state index in [1.807, 2.05) is 0 Å². The van der Waals surface area contributed by atoms with Crippen LogP contribution in [0.25, 0.3) is 0 Å². The van der Waals surface area contributed by atoms with E-state index in [9.17, 15) is 9.59 Å². The van der Waals surface area contributed by atoms with Gasteiger partial charge in [0.05, 0.1) is 69.9 Å². The summed E-state index contributed by atoms with van der Waals surface area (Å²) in [5.41, 5.74) is 0.682. The van der Waals surface area contributed by atoms with Crippen LogP contribution >= 0.6 is 8.53 Å². The quantitative estimate of drug-likeness (QED) is 0.182. The van der Waals surface area contributed by atoms with E-state index in [-0.39, 0.29) is 25.3 Å². The van der Waals surface area contributed by atoms with Crippen LogP contribution in [0.2, 0.25) is 0 Å². The number of carbonyl (C=O) groups is 2. The molecule has 188 valence electrons. The highest BCUT2D eigenvalue weighted by molar-refractivity contribution is 7.44. The summed E-state index contributed by atoms with van der Waals surface area (Å²) in [4.78, 5) is 29.7. The number of benzene rings is 1. The van der Waals surface area contributed by atoms with Crippen molar-refractivity contribution in [1.82, 2.24) is 9.73 Å². The second-order valence-electron chi connectivity index (χ2n) is 7.89. The molecule has 2 amide bonds. The molecule has 1 aromatic rings. The summed E-state index contributed by atoms with van der Waals surface area (Å²) in [6.07, 6.45) is 0.316. The van der Waals surface area contributed by atoms with Crippen molar-refractivity contribution in [3.8, 4) is 6.07 Å². The van der Waals surface area contributed by atoms with Crippen LogP contribution in [0.15, 0.2) is 24.3 Å². The maximum Gasteiger partial charge on any atom is 0.285 e. The molecule has 0 saturated heterocycles. The Morgan fingerprint density at radius 3 is 1.88 bits per heavy atom. The Morgan fingerprint density at radius 1 is 0.853 bits per heavy atom. The van der Waals surface area contributed by atoms with E-state index in [0.717, 1.165) is 5.06 Å². The van der Waals surface area contributed by atoms with Crippen molar-refractivity contribution >= 4 is 20.3 Å². The van der Waals surface area contributed by atoms with Gasteiger partial charge in [0.15, 0.2) is 0 Å². The van der Waals surface area contributed by atoms with Gasteiger partial charge in [-0.25, -0.2) is 4.67 Å². The van der Waals surface area contributed by atoms with Gasteiger partial charge in [0.25, 0.3) is 20.3 Å². The van der Waals surface area contributed by atoms with Crippen molar-refractivity contribution in [3.63, 3.8) is 0 Å². The molecule has 1 unspecified atom stereocenters. The number of nitrogens with zero attached hydrogens (tertiary/aromatic N) is 3. The van der Waals surface area contributed by atoms with Gasteiger partial charge >= 0.3 is 0 Å². The average molecular weight is 496 g/mol. The zero-order chi connectivity index (χ0) is 24.9. The first-order valence-electron chi connectivity index (χ1n) is 11.4. The molecule has 11 heteroatoms. The number of ether oxygens (including phenoxy) is 2. The normalized spacial score (nSPS) is 14.4. The van der Waals surface area contributed by atoms with E-state index >= 15 is 0 Å². The molecular formula is C23H34N3O7P. The Kier molecular flexibility index (Phi) is 12.6. The minimum atomic E-state index is -1.28. The van der Waals surface area contributed by atoms with Crippen LogP contribution in [0.5, 0.6) is 0 Å². The number of hydrogen-bond donors (Lipinski definition) is 0. The lowest BCUT2D eigenvalue weighted by molar-refractivity contribution is -0.108. The van der Waals surface area contributed by atoms with Crippen LogP contribution in [0.4, 0.5) is 0 Å². The van der Waals surface area contributed by atoms with E-state index in [1.54, 1.807) is 24.3 Å². The molecule has 34 heavy (non-hydrogen) atoms. The third-order valence-corrected chi connectivity index (χ3v) is 6.78. The molecule has 0 bridgehead atoms. The molecule has 0 spiro atoms. The van der Waals surface area contributed by atoms with Gasteiger partial charge in [0.2, 0.25) is 0 Å². The fraction of sp³-hybridized carbons (Fsp3) is 0.609. The van der Waals surface area contributed by atoms with Gasteiger partial charge in [-0.3, -0.25) is 14.4 Å². The summed E-state index contributed by atoms with van der Waals surface area (Å²) in [7, 11) is -1.28. The van der Waals surface area contributed by atoms with E-state index in [2.05, 4.69) is 38.4 Å². The van der Waals surface area contributed by atoms with Crippen molar-refractivity contribution in [3.05, 3.63) is 35.4 Å². The average Bonchev–Trinajstić information content (AvgIpc) is 3.04. The van der Waals surface area contributed by atoms with E-state index in [1.165, 1.54) is 0 Å². The number of hydroxylamine groups is 2. The molecule has 0 aromatic heterocycles. The molecule has 0 fully saturated rings. The molecule has 0 N–H and O–H groups in total. The van der Waals surface area contributed by atoms with Gasteiger partial charge in [0.1, 0.15) is 0 Å². The molecule has 0 saturated carbocycles. The maximum absolute atomic E-state index is 12.2. The lowest BCUT2D eigenvalue weighted by Crippen LogP contribution is -2.34. The molecular weight excluding hydrogens is 461 g/mol. The van der Waals surface area contributed by atoms with Gasteiger partial charge in [-0.1, -0.05) is 12.1 Å². The minimum absolute atomic E-state index is 0.0686. The summed E-state index contributed by atoms with van der Waals surface area (Å²) in [6.45, 7) is 10.4. The van der Waals surface area contributed by atoms with Crippen LogP contribution < -0.4 is 0 Å². The van der Waals surface area contributed by atoms with Crippen LogP contribution in [0.3, 0.4) is 0 Å². The SMILES string of the molecule is CC(C)N(C(C)C)P(OCCC#N)OCCOCCOCCON1C(=O)c2ccccc2C1=O. The van der Waals surface area contributed by atoms with E-state index in [0.29, 0.717) is 50.6 Å². The molecule has 2 rings (SSSR count). The summed E-state index contributed by atoms with van der Waals surface area (Å²) >= 11 is 0. The van der Waals surface area contributed by atoms with Crippen LogP contribution in [0.1, 0.15) is 54.8 Å². The summed E-state index contributed by atoms with van der Waals surface area (Å²) in [6, 6.07) is 9.16. The molecule has 1 atom stereocenters. The molecule has 0 aliphatic carbocycles. The fourth-order valence-electron chi connectivity index (χ4n) is 3.28. The highest BCUT2D eigenvalue weighted by Gasteiger charge is 2.36. The fourth-order valence-corrected chi connectivity index (χ4v) is 4.86. The molecule has 1 aliphatic rings. The second-order valence-corrected chi connectivity index (χ2v) is 9.34. The monoisotopic (exact) mass is 495 g/mol. The standard InChI is InChI=1S/C23H34N3O7P/c1-18(2)26(19(3)4)34(32-11-7-10-24)33-17-15-30-13-12-29-14-16-31-25-22(27)20-8-5-6-9-21(20)23(25)28/h5-6,8-9,18-19H,7,11-17H2,1-4H3. The van der Waals surface area contributed by atoms with E-state index in [4.69, 9.17) is 28.6 Å². The Balaban J connectivity index is 1.57. The minimum Gasteiger partial charge on any atom is -0.377 e. The highest BCUT2D eigenvalue weighted by atomic mass is 31.2. The van der Waals surface area contributed by atoms with E-state index < -0.39 is 20.3 Å². The number of fused-ring (bicyclic) bond motifs is 1. The third kappa shape index (κ3) is 8.36. The Labute approximate surface area is 202 Å². The Hall–Kier alpha value is -1.96. The number of imide groups is 1. The molecule has 1 aromatic carbocycles. The lowest BCUT2D eigenvalue weighted by atomic mass is 10.1. The van der Waals surface area contributed by atoms with Crippen molar-refractivity contribution in [2.24, 2.45) is 0 Å². The second kappa shape index (κ2) is 15.1. The van der Waals surface area contributed by atoms with Crippen LogP contribution in [0, 0.1) is 11.3 Å². The maximum atomic E-state index is 12.2. The topological polar surface area (TPSA) is 111 Å². The number of rotatable bonds is 17. The van der Waals surface area contributed by atoms with Gasteiger partial charge in [-0.05, 0) is 39.8 Å². The van der Waals surface area contributed by atoms with Crippen LogP contribution in [-0.4, -0.2) is 79.9 Å². The van der Waals surface area contributed by atoms with Gasteiger partial charge in [-0.2, -0.15) is 5.26 Å². The van der Waals surface area contributed by atoms with Crippen molar-refractivity contribution in [1.29, 1.82) is 5.26 Å². The van der Waals surface area contributed by atoms with Gasteiger partial charge in [0, 0.05) is 12.1 Å². The number of nitriles is 1. The zero-order valence-electron chi connectivity index (χ0n) is 20.3. The van der Waals surface area contributed by atoms with Gasteiger partial charge < -0.3 is 18.5 Å². The van der Waals surface area contributed by atoms with Gasteiger partial charge in [-0.15, -0.1) is 5.06 Å². The van der Waals surface area contributed by atoms with Crippen molar-refractivity contribution in [2.75, 3.05) is 46.2 Å². The Morgan fingerprint density at radius 2 is 1.35 bits per heavy atom. The Bertz CT molecular complexity index is 788. The van der Waals surface area contributed by atoms with Crippen molar-refractivity contribution in [2.45, 2.75) is 46.2 Å². The third-order valence-electron chi connectivity index (χ3n) is 4.67. The zero-order valence-corrected chi connectivity index (χ0v) is 21.2. The summed E-state index contributed by atoms with van der Waals surface area (Å²) < 4.78 is 24.9. The molecule has 1 heterocycles. The highest BCUT2D eigenvalue weighted by Crippen LogP contribution is 2.45. The van der Waals surface area contributed by atoms with Crippen molar-refractivity contribution < 1.29 is 32.9 Å². The lowest BCUT2D eigenvalue weighted by Gasteiger charge is -2.35. The first-order chi connectivity index (χ1) is 16.4. The molecule has 1 aliphatic heterocycles. The number of carbonyl (C=O) groups excluding carboxylic acids is 2. The number of hydrogen-bond acceptors (Lipinski definition) is 9. The largest absolute Gasteiger partial charge is 0.377 e. The van der Waals surface area contributed by atoms with Crippen LogP contribution in [-0.2, 0) is 23.4 Å². The first-order valence-corrected chi connectivity index (χ1v) is 12.5.